The molecule has 0 aromatic rings. The van der Waals surface area contributed by atoms with Crippen molar-refractivity contribution < 1.29 is 37.9 Å². The summed E-state index contributed by atoms with van der Waals surface area (Å²) in [7, 11) is -4.39. The maximum absolute atomic E-state index is 11.9. The summed E-state index contributed by atoms with van der Waals surface area (Å²) in [6, 6.07) is 0. The number of allylic oxidation sites excluding steroid dienone is 6. The van der Waals surface area contributed by atoms with E-state index in [2.05, 4.69) is 48.7 Å². The molecule has 244 valence electrons. The third-order valence-electron chi connectivity index (χ3n) is 6.32. The second kappa shape index (κ2) is 29.3. The Morgan fingerprint density at radius 2 is 1.31 bits per heavy atom. The number of carbonyl (C=O) groups is 2. The molecular formula is C32H58NO8P. The summed E-state index contributed by atoms with van der Waals surface area (Å²) < 4.78 is 26.2. The van der Waals surface area contributed by atoms with Crippen LogP contribution in [0.1, 0.15) is 123 Å². The Morgan fingerprint density at radius 3 is 1.95 bits per heavy atom. The maximum Gasteiger partial charge on any atom is 0.472 e. The van der Waals surface area contributed by atoms with E-state index in [1.807, 2.05) is 6.92 Å². The van der Waals surface area contributed by atoms with Gasteiger partial charge in [0, 0.05) is 19.4 Å². The molecule has 0 radical (unpaired) electrons. The van der Waals surface area contributed by atoms with Crippen LogP contribution in [-0.4, -0.2) is 54.3 Å². The Bertz CT molecular complexity index is 799. The number of aliphatic hydroxyl groups excluding tert-OH is 1. The minimum atomic E-state index is -4.39. The van der Waals surface area contributed by atoms with E-state index in [1.54, 1.807) is 0 Å². The average Bonchev–Trinajstić information content (AvgIpc) is 2.97. The summed E-state index contributed by atoms with van der Waals surface area (Å²) in [5.74, 6) is -0.570. The number of phosphoric acid groups is 1. The molecule has 2 atom stereocenters. The van der Waals surface area contributed by atoms with Crippen molar-refractivity contribution in [3.05, 3.63) is 36.5 Å². The van der Waals surface area contributed by atoms with Crippen LogP contribution in [0.25, 0.3) is 0 Å². The summed E-state index contributed by atoms with van der Waals surface area (Å²) in [5, 5.41) is 12.4. The predicted octanol–water partition coefficient (Wildman–Crippen LogP) is 7.48. The second-order valence-corrected chi connectivity index (χ2v) is 11.9. The number of rotatable bonds is 29. The molecule has 0 aromatic heterocycles. The molecule has 9 nitrogen and oxygen atoms in total. The lowest BCUT2D eigenvalue weighted by Gasteiger charge is -2.15. The number of amides is 1. The number of ether oxygens (including phenoxy) is 1. The molecule has 0 heterocycles. The molecule has 0 aromatic carbocycles. The SMILES string of the molecule is CCCCC/C=C\C/C=C\C/C=C\CCCCCCCCC(=O)NCCOP(=O)(O)OCC(O)COC(=O)CCCC. The topological polar surface area (TPSA) is 131 Å². The van der Waals surface area contributed by atoms with Gasteiger partial charge in [0.15, 0.2) is 0 Å². The molecule has 0 aliphatic carbocycles. The van der Waals surface area contributed by atoms with Crippen LogP contribution in [0, 0.1) is 0 Å². The first kappa shape index (κ1) is 40.2. The molecule has 1 amide bonds. The van der Waals surface area contributed by atoms with Gasteiger partial charge in [0.05, 0.1) is 13.2 Å². The van der Waals surface area contributed by atoms with Crippen LogP contribution < -0.4 is 5.32 Å². The molecule has 42 heavy (non-hydrogen) atoms. The van der Waals surface area contributed by atoms with Crippen molar-refractivity contribution in [3.8, 4) is 0 Å². The van der Waals surface area contributed by atoms with E-state index in [0.29, 0.717) is 12.8 Å². The fourth-order valence-electron chi connectivity index (χ4n) is 3.83. The molecular weight excluding hydrogens is 557 g/mol. The van der Waals surface area contributed by atoms with Crippen LogP contribution in [0.3, 0.4) is 0 Å². The number of aliphatic hydroxyl groups is 1. The van der Waals surface area contributed by atoms with Crippen LogP contribution in [0.2, 0.25) is 0 Å². The fraction of sp³-hybridized carbons (Fsp3) is 0.750. The molecule has 0 spiro atoms. The lowest BCUT2D eigenvalue weighted by molar-refractivity contribution is -0.147. The number of unbranched alkanes of at least 4 members (excludes halogenated alkanes) is 10. The molecule has 0 aliphatic heterocycles. The highest BCUT2D eigenvalue weighted by Gasteiger charge is 2.23. The average molecular weight is 616 g/mol. The second-order valence-electron chi connectivity index (χ2n) is 10.4. The predicted molar refractivity (Wildman–Crippen MR) is 169 cm³/mol. The Hall–Kier alpha value is -1.77. The van der Waals surface area contributed by atoms with E-state index in [-0.39, 0.29) is 32.1 Å². The molecule has 0 saturated carbocycles. The quantitative estimate of drug-likeness (QED) is 0.0342. The highest BCUT2D eigenvalue weighted by atomic mass is 31.2. The van der Waals surface area contributed by atoms with E-state index < -0.39 is 26.5 Å². The summed E-state index contributed by atoms with van der Waals surface area (Å²) >= 11 is 0. The zero-order valence-electron chi connectivity index (χ0n) is 26.2. The van der Waals surface area contributed by atoms with Crippen LogP contribution >= 0.6 is 7.82 Å². The Kier molecular flexibility index (Phi) is 28.1. The van der Waals surface area contributed by atoms with Gasteiger partial charge in [-0.3, -0.25) is 18.6 Å². The zero-order valence-corrected chi connectivity index (χ0v) is 27.1. The molecule has 10 heteroatoms. The maximum atomic E-state index is 11.9. The van der Waals surface area contributed by atoms with E-state index >= 15 is 0 Å². The number of hydrogen-bond acceptors (Lipinski definition) is 7. The normalized spacial score (nSPS) is 14.1. The first-order valence-electron chi connectivity index (χ1n) is 16.0. The van der Waals surface area contributed by atoms with Crippen molar-refractivity contribution in [1.82, 2.24) is 5.32 Å². The number of nitrogens with one attached hydrogen (secondary N) is 1. The molecule has 0 aliphatic rings. The lowest BCUT2D eigenvalue weighted by Crippen LogP contribution is -2.27. The zero-order chi connectivity index (χ0) is 31.2. The van der Waals surface area contributed by atoms with Gasteiger partial charge in [-0.25, -0.2) is 4.57 Å². The smallest absolute Gasteiger partial charge is 0.463 e. The van der Waals surface area contributed by atoms with Gasteiger partial charge in [-0.15, -0.1) is 0 Å². The van der Waals surface area contributed by atoms with E-state index in [0.717, 1.165) is 51.4 Å². The molecule has 3 N–H and O–H groups in total. The van der Waals surface area contributed by atoms with E-state index in [4.69, 9.17) is 13.8 Å². The van der Waals surface area contributed by atoms with Gasteiger partial charge in [-0.05, 0) is 51.4 Å². The molecule has 0 saturated heterocycles. The van der Waals surface area contributed by atoms with Gasteiger partial charge in [0.1, 0.15) is 12.7 Å². The van der Waals surface area contributed by atoms with Gasteiger partial charge < -0.3 is 20.1 Å². The summed E-state index contributed by atoms with van der Waals surface area (Å²) in [4.78, 5) is 33.0. The van der Waals surface area contributed by atoms with Crippen LogP contribution in [0.15, 0.2) is 36.5 Å². The van der Waals surface area contributed by atoms with E-state index in [9.17, 15) is 24.2 Å². The fourth-order valence-corrected chi connectivity index (χ4v) is 4.59. The van der Waals surface area contributed by atoms with E-state index in [1.165, 1.54) is 38.5 Å². The van der Waals surface area contributed by atoms with Crippen molar-refractivity contribution in [1.29, 1.82) is 0 Å². The first-order chi connectivity index (χ1) is 20.3. The Labute approximate surface area is 254 Å². The van der Waals surface area contributed by atoms with Crippen molar-refractivity contribution in [3.63, 3.8) is 0 Å². The Morgan fingerprint density at radius 1 is 0.738 bits per heavy atom. The largest absolute Gasteiger partial charge is 0.472 e. The number of phosphoric ester groups is 1. The van der Waals surface area contributed by atoms with Crippen LogP contribution in [-0.2, 0) is 27.9 Å². The lowest BCUT2D eigenvalue weighted by atomic mass is 10.1. The van der Waals surface area contributed by atoms with Gasteiger partial charge in [0.2, 0.25) is 5.91 Å². The van der Waals surface area contributed by atoms with Crippen LogP contribution in [0.5, 0.6) is 0 Å². The third-order valence-corrected chi connectivity index (χ3v) is 7.31. The van der Waals surface area contributed by atoms with Crippen molar-refractivity contribution in [2.75, 3.05) is 26.4 Å². The van der Waals surface area contributed by atoms with Gasteiger partial charge in [-0.2, -0.15) is 0 Å². The summed E-state index contributed by atoms with van der Waals surface area (Å²) in [6.07, 6.45) is 29.1. The monoisotopic (exact) mass is 615 g/mol. The summed E-state index contributed by atoms with van der Waals surface area (Å²) in [6.45, 7) is 3.19. The number of esters is 1. The highest BCUT2D eigenvalue weighted by Crippen LogP contribution is 2.42. The first-order valence-corrected chi connectivity index (χ1v) is 17.5. The molecule has 0 fully saturated rings. The molecule has 0 rings (SSSR count). The van der Waals surface area contributed by atoms with Gasteiger partial charge in [0.25, 0.3) is 0 Å². The molecule has 2 unspecified atom stereocenters. The Balaban J connectivity index is 3.60. The number of carbonyl (C=O) groups excluding carboxylic acids is 2. The van der Waals surface area contributed by atoms with Gasteiger partial charge in [-0.1, -0.05) is 95.2 Å². The third kappa shape index (κ3) is 29.7. The van der Waals surface area contributed by atoms with Crippen molar-refractivity contribution in [2.24, 2.45) is 0 Å². The highest BCUT2D eigenvalue weighted by molar-refractivity contribution is 7.47. The standard InChI is InChI=1S/C32H58NO8P/c1-3-5-7-8-9-10-11-12-13-14-15-16-17-18-19-20-21-22-23-24-31(35)33-26-27-40-42(37,38)41-29-30(34)28-39-32(36)25-6-4-2/h9-10,12-13,15-16,30,34H,3-8,11,14,17-29H2,1-2H3,(H,33,35)(H,37,38)/b10-9-,13-12-,16-15-. The minimum Gasteiger partial charge on any atom is -0.463 e. The number of hydrogen-bond donors (Lipinski definition) is 3. The molecule has 0 bridgehead atoms. The van der Waals surface area contributed by atoms with Crippen LogP contribution in [0.4, 0.5) is 0 Å². The van der Waals surface area contributed by atoms with Crippen molar-refractivity contribution >= 4 is 19.7 Å². The summed E-state index contributed by atoms with van der Waals surface area (Å²) in [5.41, 5.74) is 0. The minimum absolute atomic E-state index is 0.0732. The van der Waals surface area contributed by atoms with Gasteiger partial charge >= 0.3 is 13.8 Å². The van der Waals surface area contributed by atoms with Crippen molar-refractivity contribution in [2.45, 2.75) is 129 Å².